The zero-order chi connectivity index (χ0) is 13.5. The molecule has 18 heavy (non-hydrogen) atoms. The molecule has 0 aliphatic heterocycles. The van der Waals surface area contributed by atoms with Gasteiger partial charge in [0.25, 0.3) is 0 Å². The molecule has 1 aromatic rings. The van der Waals surface area contributed by atoms with Gasteiger partial charge in [0.2, 0.25) is 0 Å². The van der Waals surface area contributed by atoms with Crippen molar-refractivity contribution < 1.29 is 5.11 Å². The monoisotopic (exact) mass is 252 g/mol. The van der Waals surface area contributed by atoms with E-state index in [1.165, 1.54) is 0 Å². The molecule has 0 saturated heterocycles. The summed E-state index contributed by atoms with van der Waals surface area (Å²) in [6, 6.07) is 0. The maximum Gasteiger partial charge on any atom is 0.137 e. The zero-order valence-corrected chi connectivity index (χ0v) is 11.8. The number of aryl methyl sites for hydroxylation is 1. The van der Waals surface area contributed by atoms with Crippen molar-refractivity contribution >= 4 is 11.6 Å². The highest BCUT2D eigenvalue weighted by Gasteiger charge is 2.13. The van der Waals surface area contributed by atoms with Crippen LogP contribution >= 0.6 is 0 Å². The molecule has 0 amide bonds. The van der Waals surface area contributed by atoms with Crippen molar-refractivity contribution in [3.63, 3.8) is 0 Å². The van der Waals surface area contributed by atoms with Crippen molar-refractivity contribution in [3.8, 4) is 0 Å². The Bertz CT molecular complexity index is 381. The molecule has 0 fully saturated rings. The molecule has 0 aromatic carbocycles. The number of aromatic nitrogens is 2. The molecule has 2 N–H and O–H groups in total. The first-order valence-electron chi connectivity index (χ1n) is 6.58. The van der Waals surface area contributed by atoms with Crippen LogP contribution in [0.1, 0.15) is 31.7 Å². The third-order valence-corrected chi connectivity index (χ3v) is 2.83. The fraction of sp³-hybridized carbons (Fsp3) is 0.692. The summed E-state index contributed by atoms with van der Waals surface area (Å²) in [7, 11) is 0. The topological polar surface area (TPSA) is 61.3 Å². The van der Waals surface area contributed by atoms with Crippen LogP contribution < -0.4 is 10.2 Å². The van der Waals surface area contributed by atoms with E-state index in [4.69, 9.17) is 5.11 Å². The molecule has 0 aliphatic carbocycles. The van der Waals surface area contributed by atoms with Crippen LogP contribution in [0.4, 0.5) is 11.6 Å². The lowest BCUT2D eigenvalue weighted by molar-refractivity contribution is 0.302. The second kappa shape index (κ2) is 7.16. The van der Waals surface area contributed by atoms with Gasteiger partial charge in [-0.05, 0) is 27.2 Å². The van der Waals surface area contributed by atoms with E-state index in [0.717, 1.165) is 42.5 Å². The molecule has 1 heterocycles. The van der Waals surface area contributed by atoms with Crippen molar-refractivity contribution in [3.05, 3.63) is 11.4 Å². The van der Waals surface area contributed by atoms with Crippen LogP contribution in [0.5, 0.6) is 0 Å². The summed E-state index contributed by atoms with van der Waals surface area (Å²) in [6.07, 6.45) is 1.06. The SMILES string of the molecule is CCCNc1nc(C)nc(N(CC)CCO)c1C. The molecule has 0 unspecified atom stereocenters. The smallest absolute Gasteiger partial charge is 0.137 e. The number of nitrogens with one attached hydrogen (secondary N) is 1. The third-order valence-electron chi connectivity index (χ3n) is 2.83. The highest BCUT2D eigenvalue weighted by molar-refractivity contribution is 5.58. The van der Waals surface area contributed by atoms with Gasteiger partial charge in [-0.15, -0.1) is 0 Å². The van der Waals surface area contributed by atoms with Crippen LogP contribution in [0, 0.1) is 13.8 Å². The Balaban J connectivity index is 3.06. The first-order valence-corrected chi connectivity index (χ1v) is 6.58. The Morgan fingerprint density at radius 3 is 2.50 bits per heavy atom. The fourth-order valence-corrected chi connectivity index (χ4v) is 1.87. The number of aliphatic hydroxyl groups is 1. The van der Waals surface area contributed by atoms with Crippen molar-refractivity contribution in [2.45, 2.75) is 34.1 Å². The number of likely N-dealkylation sites (N-methyl/N-ethyl adjacent to an activating group) is 1. The van der Waals surface area contributed by atoms with Crippen molar-refractivity contribution in [1.29, 1.82) is 0 Å². The number of hydrogen-bond acceptors (Lipinski definition) is 5. The van der Waals surface area contributed by atoms with Gasteiger partial charge in [0.05, 0.1) is 6.61 Å². The Labute approximate surface area is 109 Å². The number of hydrogen-bond donors (Lipinski definition) is 2. The lowest BCUT2D eigenvalue weighted by atomic mass is 10.2. The van der Waals surface area contributed by atoms with Gasteiger partial charge in [-0.25, -0.2) is 9.97 Å². The van der Waals surface area contributed by atoms with Gasteiger partial charge in [-0.1, -0.05) is 6.92 Å². The Morgan fingerprint density at radius 1 is 1.22 bits per heavy atom. The van der Waals surface area contributed by atoms with Crippen LogP contribution in [0.3, 0.4) is 0 Å². The summed E-state index contributed by atoms with van der Waals surface area (Å²) in [6.45, 7) is 10.6. The molecule has 0 atom stereocenters. The van der Waals surface area contributed by atoms with Gasteiger partial charge in [0.15, 0.2) is 0 Å². The van der Waals surface area contributed by atoms with E-state index < -0.39 is 0 Å². The lowest BCUT2D eigenvalue weighted by Crippen LogP contribution is -2.28. The van der Waals surface area contributed by atoms with Gasteiger partial charge < -0.3 is 15.3 Å². The van der Waals surface area contributed by atoms with Crippen molar-refractivity contribution in [2.24, 2.45) is 0 Å². The minimum atomic E-state index is 0.133. The predicted octanol–water partition coefficient (Wildman–Crippen LogP) is 1.73. The zero-order valence-electron chi connectivity index (χ0n) is 11.8. The van der Waals surface area contributed by atoms with Gasteiger partial charge in [-0.2, -0.15) is 0 Å². The number of aliphatic hydroxyl groups excluding tert-OH is 1. The van der Waals surface area contributed by atoms with Gasteiger partial charge in [0, 0.05) is 25.2 Å². The number of anilines is 2. The van der Waals surface area contributed by atoms with E-state index in [9.17, 15) is 0 Å². The first kappa shape index (κ1) is 14.7. The molecular weight excluding hydrogens is 228 g/mol. The number of rotatable bonds is 7. The average Bonchev–Trinajstić information content (AvgIpc) is 2.36. The standard InChI is InChI=1S/C13H24N4O/c1-5-7-14-12-10(3)13(16-11(4)15-12)17(6-2)8-9-18/h18H,5-9H2,1-4H3,(H,14,15,16). The average molecular weight is 252 g/mol. The minimum absolute atomic E-state index is 0.133. The second-order valence-corrected chi connectivity index (χ2v) is 4.30. The van der Waals surface area contributed by atoms with Gasteiger partial charge >= 0.3 is 0 Å². The molecule has 0 aliphatic rings. The van der Waals surface area contributed by atoms with E-state index >= 15 is 0 Å². The van der Waals surface area contributed by atoms with E-state index in [2.05, 4.69) is 34.0 Å². The molecule has 1 aromatic heterocycles. The molecule has 5 heteroatoms. The minimum Gasteiger partial charge on any atom is -0.395 e. The van der Waals surface area contributed by atoms with E-state index in [1.54, 1.807) is 0 Å². The van der Waals surface area contributed by atoms with E-state index in [-0.39, 0.29) is 6.61 Å². The second-order valence-electron chi connectivity index (χ2n) is 4.30. The summed E-state index contributed by atoms with van der Waals surface area (Å²) in [5.41, 5.74) is 1.05. The maximum absolute atomic E-state index is 9.10. The molecule has 102 valence electrons. The Morgan fingerprint density at radius 2 is 1.94 bits per heavy atom. The third kappa shape index (κ3) is 3.57. The van der Waals surface area contributed by atoms with E-state index in [0.29, 0.717) is 6.54 Å². The molecule has 0 saturated carbocycles. The van der Waals surface area contributed by atoms with Gasteiger partial charge in [0.1, 0.15) is 17.5 Å². The molecule has 0 radical (unpaired) electrons. The largest absolute Gasteiger partial charge is 0.395 e. The summed E-state index contributed by atoms with van der Waals surface area (Å²) in [4.78, 5) is 11.0. The summed E-state index contributed by atoms with van der Waals surface area (Å²) in [5.74, 6) is 2.57. The van der Waals surface area contributed by atoms with Crippen LogP contribution in [-0.4, -0.2) is 41.3 Å². The molecule has 1 rings (SSSR count). The quantitative estimate of drug-likeness (QED) is 0.774. The fourth-order valence-electron chi connectivity index (χ4n) is 1.87. The van der Waals surface area contributed by atoms with Crippen molar-refractivity contribution in [2.75, 3.05) is 36.5 Å². The van der Waals surface area contributed by atoms with Crippen LogP contribution in [0.2, 0.25) is 0 Å². The number of nitrogens with zero attached hydrogens (tertiary/aromatic N) is 3. The lowest BCUT2D eigenvalue weighted by Gasteiger charge is -2.24. The van der Waals surface area contributed by atoms with Crippen LogP contribution in [0.15, 0.2) is 0 Å². The molecule has 5 nitrogen and oxygen atoms in total. The molecular formula is C13H24N4O. The first-order chi connectivity index (χ1) is 8.63. The molecule has 0 spiro atoms. The Hall–Kier alpha value is -1.36. The van der Waals surface area contributed by atoms with Crippen molar-refractivity contribution in [1.82, 2.24) is 9.97 Å². The summed E-state index contributed by atoms with van der Waals surface area (Å²) < 4.78 is 0. The van der Waals surface area contributed by atoms with E-state index in [1.807, 2.05) is 13.8 Å². The summed E-state index contributed by atoms with van der Waals surface area (Å²) >= 11 is 0. The maximum atomic E-state index is 9.10. The Kier molecular flexibility index (Phi) is 5.85. The van der Waals surface area contributed by atoms with Gasteiger partial charge in [-0.3, -0.25) is 0 Å². The highest BCUT2D eigenvalue weighted by atomic mass is 16.3. The molecule has 0 bridgehead atoms. The summed E-state index contributed by atoms with van der Waals surface area (Å²) in [5, 5.41) is 12.4. The normalized spacial score (nSPS) is 10.5. The predicted molar refractivity (Wildman–Crippen MR) is 75.3 cm³/mol. The van der Waals surface area contributed by atoms with Crippen LogP contribution in [0.25, 0.3) is 0 Å². The highest BCUT2D eigenvalue weighted by Crippen LogP contribution is 2.23. The van der Waals surface area contributed by atoms with Crippen LogP contribution in [-0.2, 0) is 0 Å².